The predicted molar refractivity (Wildman–Crippen MR) is 112 cm³/mol. The van der Waals surface area contributed by atoms with Crippen molar-refractivity contribution in [3.8, 4) is 0 Å². The number of nitrogens with one attached hydrogen (secondary N) is 1. The number of hydrogen-bond acceptors (Lipinski definition) is 3. The minimum absolute atomic E-state index is 0.0264. The lowest BCUT2D eigenvalue weighted by molar-refractivity contribution is -0.133. The first-order valence-corrected chi connectivity index (χ1v) is 9.98. The van der Waals surface area contributed by atoms with Gasteiger partial charge in [-0.25, -0.2) is 0 Å². The summed E-state index contributed by atoms with van der Waals surface area (Å²) in [5.74, 6) is -0.292. The second-order valence-corrected chi connectivity index (χ2v) is 7.64. The fourth-order valence-corrected chi connectivity index (χ4v) is 3.51. The first-order chi connectivity index (χ1) is 13.5. The molecule has 0 aliphatic carbocycles. The highest BCUT2D eigenvalue weighted by Gasteiger charge is 2.27. The Morgan fingerprint density at radius 3 is 2.43 bits per heavy atom. The summed E-state index contributed by atoms with van der Waals surface area (Å²) in [6, 6.07) is 15.9. The van der Waals surface area contributed by atoms with Crippen molar-refractivity contribution < 1.29 is 9.59 Å². The third-order valence-electron chi connectivity index (χ3n) is 5.02. The zero-order valence-corrected chi connectivity index (χ0v) is 16.9. The van der Waals surface area contributed by atoms with E-state index in [2.05, 4.69) is 17.3 Å². The topological polar surface area (TPSA) is 52.6 Å². The van der Waals surface area contributed by atoms with E-state index in [4.69, 9.17) is 11.6 Å². The predicted octanol–water partition coefficient (Wildman–Crippen LogP) is 2.85. The summed E-state index contributed by atoms with van der Waals surface area (Å²) in [6.45, 7) is 3.21. The first kappa shape index (κ1) is 20.4. The molecule has 2 aromatic carbocycles. The number of halogens is 1. The number of carbonyl (C=O) groups is 2. The number of likely N-dealkylation sites (N-methyl/N-ethyl adjacent to an activating group) is 1. The van der Waals surface area contributed by atoms with Crippen LogP contribution >= 0.6 is 11.6 Å². The molecule has 6 heteroatoms. The van der Waals surface area contributed by atoms with Crippen LogP contribution in [-0.4, -0.2) is 60.9 Å². The van der Waals surface area contributed by atoms with Gasteiger partial charge in [0.15, 0.2) is 0 Å². The van der Waals surface area contributed by atoms with Crippen molar-refractivity contribution in [3.05, 3.63) is 70.7 Å². The second kappa shape index (κ2) is 9.71. The summed E-state index contributed by atoms with van der Waals surface area (Å²) in [5, 5.41) is 3.51. The lowest BCUT2D eigenvalue weighted by Crippen LogP contribution is -2.50. The maximum Gasteiger partial charge on any atom is 0.251 e. The normalized spacial score (nSPS) is 16.3. The van der Waals surface area contributed by atoms with Gasteiger partial charge in [-0.3, -0.25) is 9.59 Å². The van der Waals surface area contributed by atoms with E-state index in [1.54, 1.807) is 24.3 Å². The van der Waals surface area contributed by atoms with Crippen LogP contribution in [0.5, 0.6) is 0 Å². The van der Waals surface area contributed by atoms with Crippen LogP contribution in [0.1, 0.15) is 22.3 Å². The number of amides is 2. The average molecular weight is 400 g/mol. The molecule has 1 N–H and O–H groups in total. The van der Waals surface area contributed by atoms with Crippen molar-refractivity contribution in [2.45, 2.75) is 18.9 Å². The van der Waals surface area contributed by atoms with E-state index in [0.29, 0.717) is 30.1 Å². The van der Waals surface area contributed by atoms with Crippen molar-refractivity contribution in [2.24, 2.45) is 0 Å². The lowest BCUT2D eigenvalue weighted by Gasteiger charge is -2.27. The molecule has 1 fully saturated rings. The van der Waals surface area contributed by atoms with Gasteiger partial charge in [-0.1, -0.05) is 41.9 Å². The van der Waals surface area contributed by atoms with Crippen LogP contribution in [-0.2, 0) is 11.2 Å². The fraction of sp³-hybridized carbons (Fsp3) is 0.364. The lowest BCUT2D eigenvalue weighted by atomic mass is 10.0. The van der Waals surface area contributed by atoms with Crippen molar-refractivity contribution in [2.75, 3.05) is 33.2 Å². The van der Waals surface area contributed by atoms with E-state index in [-0.39, 0.29) is 11.8 Å². The molecular weight excluding hydrogens is 374 g/mol. The Balaban J connectivity index is 1.76. The first-order valence-electron chi connectivity index (χ1n) is 9.60. The molecular formula is C22H26ClN3O2. The van der Waals surface area contributed by atoms with Crippen molar-refractivity contribution in [1.82, 2.24) is 15.1 Å². The summed E-state index contributed by atoms with van der Waals surface area (Å²) in [7, 11) is 2.07. The van der Waals surface area contributed by atoms with Gasteiger partial charge in [-0.2, -0.15) is 0 Å². The zero-order chi connectivity index (χ0) is 19.9. The second-order valence-electron chi connectivity index (χ2n) is 7.20. The Hall–Kier alpha value is -2.37. The maximum atomic E-state index is 13.3. The van der Waals surface area contributed by atoms with Crippen molar-refractivity contribution in [3.63, 3.8) is 0 Å². The van der Waals surface area contributed by atoms with Crippen LogP contribution in [0.25, 0.3) is 0 Å². The molecule has 1 aliphatic rings. The quantitative estimate of drug-likeness (QED) is 0.841. The molecule has 0 saturated carbocycles. The van der Waals surface area contributed by atoms with Gasteiger partial charge in [0.05, 0.1) is 0 Å². The van der Waals surface area contributed by atoms with E-state index in [1.165, 1.54) is 0 Å². The minimum Gasteiger partial charge on any atom is -0.340 e. The van der Waals surface area contributed by atoms with Crippen molar-refractivity contribution >= 4 is 23.4 Å². The van der Waals surface area contributed by atoms with Gasteiger partial charge >= 0.3 is 0 Å². The van der Waals surface area contributed by atoms with Gasteiger partial charge in [0, 0.05) is 36.6 Å². The summed E-state index contributed by atoms with van der Waals surface area (Å²) in [4.78, 5) is 30.1. The van der Waals surface area contributed by atoms with E-state index < -0.39 is 6.04 Å². The number of carbonyl (C=O) groups excluding carboxylic acids is 2. The molecule has 0 radical (unpaired) electrons. The molecule has 1 atom stereocenters. The molecule has 3 rings (SSSR count). The van der Waals surface area contributed by atoms with Gasteiger partial charge in [0.25, 0.3) is 5.91 Å². The highest BCUT2D eigenvalue weighted by Crippen LogP contribution is 2.12. The van der Waals surface area contributed by atoms with Gasteiger partial charge < -0.3 is 15.1 Å². The monoisotopic (exact) mass is 399 g/mol. The highest BCUT2D eigenvalue weighted by molar-refractivity contribution is 6.30. The van der Waals surface area contributed by atoms with Crippen LogP contribution in [0.2, 0.25) is 5.02 Å². The smallest absolute Gasteiger partial charge is 0.251 e. The molecule has 1 heterocycles. The largest absolute Gasteiger partial charge is 0.340 e. The van der Waals surface area contributed by atoms with E-state index >= 15 is 0 Å². The van der Waals surface area contributed by atoms with Crippen LogP contribution in [0, 0.1) is 0 Å². The molecule has 2 amide bonds. The summed E-state index contributed by atoms with van der Waals surface area (Å²) >= 11 is 5.91. The Labute approximate surface area is 171 Å². The molecule has 148 valence electrons. The molecule has 0 aromatic heterocycles. The maximum absolute atomic E-state index is 13.3. The van der Waals surface area contributed by atoms with Gasteiger partial charge in [-0.15, -0.1) is 0 Å². The van der Waals surface area contributed by atoms with E-state index in [9.17, 15) is 9.59 Å². The highest BCUT2D eigenvalue weighted by atomic mass is 35.5. The Morgan fingerprint density at radius 1 is 1.00 bits per heavy atom. The van der Waals surface area contributed by atoms with Crippen molar-refractivity contribution in [1.29, 1.82) is 0 Å². The standard InChI is InChI=1S/C22H26ClN3O2/c1-25-12-5-13-26(15-14-25)22(28)20(16-17-6-3-2-4-7-17)24-21(27)18-8-10-19(23)11-9-18/h2-4,6-11,20H,5,12-16H2,1H3,(H,24,27). The molecule has 1 unspecified atom stereocenters. The molecule has 28 heavy (non-hydrogen) atoms. The molecule has 1 aliphatic heterocycles. The fourth-order valence-electron chi connectivity index (χ4n) is 3.38. The number of benzene rings is 2. The Bertz CT molecular complexity index is 795. The van der Waals surface area contributed by atoms with Gasteiger partial charge in [0.1, 0.15) is 6.04 Å². The minimum atomic E-state index is -0.603. The van der Waals surface area contributed by atoms with Crippen LogP contribution < -0.4 is 5.32 Å². The zero-order valence-electron chi connectivity index (χ0n) is 16.1. The number of hydrogen-bond donors (Lipinski definition) is 1. The SMILES string of the molecule is CN1CCCN(C(=O)C(Cc2ccccc2)NC(=O)c2ccc(Cl)cc2)CC1. The van der Waals surface area contributed by atoms with E-state index in [0.717, 1.165) is 25.1 Å². The third-order valence-corrected chi connectivity index (χ3v) is 5.28. The molecule has 1 saturated heterocycles. The van der Waals surface area contributed by atoms with Crippen LogP contribution in [0.3, 0.4) is 0 Å². The average Bonchev–Trinajstić information content (AvgIpc) is 2.92. The summed E-state index contributed by atoms with van der Waals surface area (Å²) in [5.41, 5.74) is 1.51. The summed E-state index contributed by atoms with van der Waals surface area (Å²) in [6.07, 6.45) is 1.40. The molecule has 2 aromatic rings. The number of nitrogens with zero attached hydrogens (tertiary/aromatic N) is 2. The van der Waals surface area contributed by atoms with Crippen LogP contribution in [0.4, 0.5) is 0 Å². The van der Waals surface area contributed by atoms with Gasteiger partial charge in [0.2, 0.25) is 5.91 Å². The summed E-state index contributed by atoms with van der Waals surface area (Å²) < 4.78 is 0. The Morgan fingerprint density at radius 2 is 1.71 bits per heavy atom. The Kier molecular flexibility index (Phi) is 7.06. The van der Waals surface area contributed by atoms with Gasteiger partial charge in [-0.05, 0) is 49.8 Å². The molecule has 0 bridgehead atoms. The van der Waals surface area contributed by atoms with Crippen LogP contribution in [0.15, 0.2) is 54.6 Å². The third kappa shape index (κ3) is 5.57. The molecule has 5 nitrogen and oxygen atoms in total. The van der Waals surface area contributed by atoms with E-state index in [1.807, 2.05) is 35.2 Å². The number of rotatable bonds is 5. The molecule has 0 spiro atoms.